The molecule has 4 atom stereocenters. The highest BCUT2D eigenvalue weighted by Gasteiger charge is 2.56. The largest absolute Gasteiger partial charge is 0.507 e. The average molecular weight is 536 g/mol. The number of likely N-dealkylation sites (tertiary alicyclic amines) is 1. The first-order valence-corrected chi connectivity index (χ1v) is 14.7. The van der Waals surface area contributed by atoms with Crippen LogP contribution in [0.25, 0.3) is 22.4 Å². The molecule has 0 radical (unpaired) electrons. The highest BCUT2D eigenvalue weighted by atomic mass is 16.5. The van der Waals surface area contributed by atoms with Gasteiger partial charge in [-0.15, -0.1) is 0 Å². The van der Waals surface area contributed by atoms with E-state index in [2.05, 4.69) is 37.3 Å². The van der Waals surface area contributed by atoms with Crippen LogP contribution in [0.5, 0.6) is 5.75 Å². The van der Waals surface area contributed by atoms with Crippen molar-refractivity contribution >= 4 is 34.2 Å². The van der Waals surface area contributed by atoms with E-state index in [0.29, 0.717) is 19.6 Å². The smallest absolute Gasteiger partial charge is 0.233 e. The summed E-state index contributed by atoms with van der Waals surface area (Å²) in [5, 5.41) is 12.3. The summed E-state index contributed by atoms with van der Waals surface area (Å²) in [6.07, 6.45) is 6.14. The summed E-state index contributed by atoms with van der Waals surface area (Å²) in [5.74, 6) is -0.202. The molecular formula is C35H37NO4. The minimum atomic E-state index is -0.276. The Labute approximate surface area is 236 Å². The number of amides is 2. The van der Waals surface area contributed by atoms with Gasteiger partial charge in [-0.2, -0.15) is 0 Å². The van der Waals surface area contributed by atoms with Crippen LogP contribution in [0.4, 0.5) is 0 Å². The minimum absolute atomic E-state index is 0.00204. The Morgan fingerprint density at radius 3 is 2.45 bits per heavy atom. The molecule has 3 aliphatic rings. The van der Waals surface area contributed by atoms with E-state index >= 15 is 0 Å². The van der Waals surface area contributed by atoms with E-state index < -0.39 is 0 Å². The van der Waals surface area contributed by atoms with Gasteiger partial charge < -0.3 is 9.84 Å². The van der Waals surface area contributed by atoms with Crippen molar-refractivity contribution < 1.29 is 19.4 Å². The van der Waals surface area contributed by atoms with Crippen LogP contribution in [0.3, 0.4) is 0 Å². The lowest BCUT2D eigenvalue weighted by Crippen LogP contribution is -2.34. The van der Waals surface area contributed by atoms with Crippen LogP contribution >= 0.6 is 0 Å². The van der Waals surface area contributed by atoms with Crippen LogP contribution in [-0.4, -0.2) is 41.1 Å². The van der Waals surface area contributed by atoms with Gasteiger partial charge in [0.15, 0.2) is 0 Å². The van der Waals surface area contributed by atoms with E-state index in [0.717, 1.165) is 47.6 Å². The number of rotatable bonds is 8. The van der Waals surface area contributed by atoms with Gasteiger partial charge in [-0.1, -0.05) is 86.2 Å². The maximum atomic E-state index is 13.4. The molecule has 2 amide bonds. The van der Waals surface area contributed by atoms with E-state index in [4.69, 9.17) is 4.74 Å². The number of benzene rings is 3. The lowest BCUT2D eigenvalue weighted by atomic mass is 9.69. The predicted octanol–water partition coefficient (Wildman–Crippen LogP) is 7.00. The predicted molar refractivity (Wildman–Crippen MR) is 158 cm³/mol. The van der Waals surface area contributed by atoms with Crippen LogP contribution in [-0.2, 0) is 14.3 Å². The third kappa shape index (κ3) is 4.56. The van der Waals surface area contributed by atoms with Crippen LogP contribution in [0.1, 0.15) is 57.1 Å². The van der Waals surface area contributed by atoms with Crippen molar-refractivity contribution in [3.8, 4) is 5.75 Å². The Balaban J connectivity index is 1.31. The lowest BCUT2D eigenvalue weighted by Gasteiger charge is -2.31. The highest BCUT2D eigenvalue weighted by molar-refractivity contribution is 6.06. The van der Waals surface area contributed by atoms with Gasteiger partial charge >= 0.3 is 0 Å². The number of phenols is 1. The number of imide groups is 1. The van der Waals surface area contributed by atoms with E-state index in [-0.39, 0.29) is 41.4 Å². The van der Waals surface area contributed by atoms with Gasteiger partial charge in [0.25, 0.3) is 0 Å². The molecule has 5 heteroatoms. The topological polar surface area (TPSA) is 66.8 Å². The Hall–Kier alpha value is -3.70. The molecule has 0 aromatic heterocycles. The van der Waals surface area contributed by atoms with Gasteiger partial charge in [-0.3, -0.25) is 14.5 Å². The van der Waals surface area contributed by atoms with Gasteiger partial charge in [0.05, 0.1) is 24.5 Å². The number of hydrogen-bond acceptors (Lipinski definition) is 4. The zero-order valence-corrected chi connectivity index (χ0v) is 23.3. The fourth-order valence-electron chi connectivity index (χ4n) is 7.18. The molecule has 2 fully saturated rings. The first-order chi connectivity index (χ1) is 19.5. The molecule has 6 rings (SSSR count). The van der Waals surface area contributed by atoms with Gasteiger partial charge in [0, 0.05) is 17.8 Å². The number of carbonyl (C=O) groups is 2. The molecular weight excluding hydrogens is 498 g/mol. The molecule has 2 saturated heterocycles. The van der Waals surface area contributed by atoms with Gasteiger partial charge in [-0.05, 0) is 65.8 Å². The highest BCUT2D eigenvalue weighted by Crippen LogP contribution is 2.50. The molecule has 1 N–H and O–H groups in total. The summed E-state index contributed by atoms with van der Waals surface area (Å²) in [4.78, 5) is 28.0. The molecule has 206 valence electrons. The average Bonchev–Trinajstić information content (AvgIpc) is 3.51. The summed E-state index contributed by atoms with van der Waals surface area (Å²) in [5.41, 5.74) is 6.03. The van der Waals surface area contributed by atoms with Crippen molar-refractivity contribution in [2.75, 3.05) is 13.2 Å². The summed E-state index contributed by atoms with van der Waals surface area (Å²) in [6, 6.07) is 22.1. The van der Waals surface area contributed by atoms with Crippen LogP contribution < -0.4 is 0 Å². The number of carbonyl (C=O) groups excluding carboxylic acids is 2. The maximum Gasteiger partial charge on any atom is 0.233 e. The number of aromatic hydroxyl groups is 1. The van der Waals surface area contributed by atoms with Crippen LogP contribution in [0.15, 0.2) is 77.9 Å². The van der Waals surface area contributed by atoms with Crippen molar-refractivity contribution in [2.24, 2.45) is 17.8 Å². The molecule has 1 aliphatic carbocycles. The Kier molecular flexibility index (Phi) is 7.33. The number of hydrogen-bond donors (Lipinski definition) is 1. The number of ether oxygens (including phenoxy) is 1. The van der Waals surface area contributed by atoms with E-state index in [1.165, 1.54) is 21.6 Å². The van der Waals surface area contributed by atoms with Crippen molar-refractivity contribution in [1.82, 2.24) is 4.90 Å². The molecule has 3 aromatic carbocycles. The molecule has 3 aromatic rings. The number of nitrogens with zero attached hydrogens (tertiary/aromatic N) is 1. The van der Waals surface area contributed by atoms with Crippen molar-refractivity contribution in [2.45, 2.75) is 52.1 Å². The van der Waals surface area contributed by atoms with Crippen molar-refractivity contribution in [1.29, 1.82) is 0 Å². The second kappa shape index (κ2) is 11.1. The number of phenolic OH excluding ortho intramolecular Hbond substituents is 1. The number of fused-ring (bicyclic) bond motifs is 4. The summed E-state index contributed by atoms with van der Waals surface area (Å²) >= 11 is 0. The van der Waals surface area contributed by atoms with Crippen molar-refractivity contribution in [3.63, 3.8) is 0 Å². The van der Waals surface area contributed by atoms with Gasteiger partial charge in [-0.25, -0.2) is 0 Å². The van der Waals surface area contributed by atoms with E-state index in [1.54, 1.807) is 6.07 Å². The molecule has 0 bridgehead atoms. The third-order valence-corrected chi connectivity index (χ3v) is 9.06. The second-order valence-electron chi connectivity index (χ2n) is 11.3. The Morgan fingerprint density at radius 2 is 1.70 bits per heavy atom. The second-order valence-corrected chi connectivity index (χ2v) is 11.3. The number of allylic oxidation sites excluding steroid dienone is 2. The first kappa shape index (κ1) is 26.5. The molecule has 0 saturated carbocycles. The quantitative estimate of drug-likeness (QED) is 0.192. The first-order valence-electron chi connectivity index (χ1n) is 14.7. The van der Waals surface area contributed by atoms with Crippen LogP contribution in [0.2, 0.25) is 0 Å². The van der Waals surface area contributed by atoms with Crippen molar-refractivity contribution in [3.05, 3.63) is 89.0 Å². The Morgan fingerprint density at radius 1 is 0.950 bits per heavy atom. The molecule has 0 unspecified atom stereocenters. The summed E-state index contributed by atoms with van der Waals surface area (Å²) in [7, 11) is 0. The minimum Gasteiger partial charge on any atom is -0.507 e. The Bertz CT molecular complexity index is 1500. The van der Waals surface area contributed by atoms with E-state index in [1.807, 2.05) is 43.3 Å². The SMILES string of the molecule is CCCN1C(=O)[C@@H]2[C@@H](CC(CC)=C3[C@@H](CC/C(=C/c4ccc(O)c5ccccc45)c4ccccc4)OC[C@@H]32)C1=O. The van der Waals surface area contributed by atoms with Gasteiger partial charge in [0.1, 0.15) is 5.75 Å². The monoisotopic (exact) mass is 535 g/mol. The molecule has 2 aliphatic heterocycles. The standard InChI is InChI=1S/C35H37NO4/c1-3-18-36-34(38)28-20-22(4-2)32-29(33(28)35(36)39)21-40-31(32)17-15-24(23-10-6-5-7-11-23)19-25-14-16-30(37)27-13-9-8-12-26(25)27/h5-14,16,19,28-29,31,33,37H,3-4,15,17-18,20-21H2,1-2H3/b24-19-/t28-,29+,31-,33-/m1/s1. The molecule has 0 spiro atoms. The van der Waals surface area contributed by atoms with Gasteiger partial charge in [0.2, 0.25) is 11.8 Å². The van der Waals surface area contributed by atoms with E-state index in [9.17, 15) is 14.7 Å². The molecule has 5 nitrogen and oxygen atoms in total. The third-order valence-electron chi connectivity index (χ3n) is 9.06. The maximum absolute atomic E-state index is 13.4. The molecule has 2 heterocycles. The lowest BCUT2D eigenvalue weighted by molar-refractivity contribution is -0.140. The summed E-state index contributed by atoms with van der Waals surface area (Å²) < 4.78 is 6.44. The zero-order valence-electron chi connectivity index (χ0n) is 23.3. The fraction of sp³-hybridized carbons (Fsp3) is 0.371. The fourth-order valence-corrected chi connectivity index (χ4v) is 7.18. The molecule has 40 heavy (non-hydrogen) atoms. The van der Waals surface area contributed by atoms with Crippen LogP contribution in [0, 0.1) is 17.8 Å². The zero-order chi connectivity index (χ0) is 27.8. The summed E-state index contributed by atoms with van der Waals surface area (Å²) in [6.45, 7) is 5.19. The normalized spacial score (nSPS) is 24.6.